The molecule has 0 radical (unpaired) electrons. The number of fused-ring (bicyclic) bond motifs is 8. The Bertz CT molecular complexity index is 2350. The molecule has 4 aliphatic rings. The SMILES string of the molecule is C[C@@H](CC(=O)c1nc2c(cc1Cl)N1CC[C@@H](C1)N2C(=O)Nc1ccccn1)C(F)(F)F.C[C@@H](N)C(F)(F)F.O=C(O)c1nc2c(cc1Cl)N1CC[C@@H](C1)N2C(=O)Nc1ccccn1. The highest BCUT2D eigenvalue weighted by Crippen LogP contribution is 2.43. The highest BCUT2D eigenvalue weighted by molar-refractivity contribution is 6.34. The van der Waals surface area contributed by atoms with Crippen LogP contribution >= 0.6 is 23.2 Å². The number of nitrogens with two attached hydrogens (primary N) is 1. The second kappa shape index (κ2) is 18.8. The summed E-state index contributed by atoms with van der Waals surface area (Å²) in [4.78, 5) is 73.4. The molecule has 4 aliphatic heterocycles. The summed E-state index contributed by atoms with van der Waals surface area (Å²) in [6.45, 7) is 4.49. The minimum atomic E-state index is -4.50. The quantitative estimate of drug-likeness (QED) is 0.108. The van der Waals surface area contributed by atoms with Gasteiger partial charge < -0.3 is 20.6 Å². The number of carbonyl (C=O) groups is 4. The van der Waals surface area contributed by atoms with E-state index in [0.29, 0.717) is 54.9 Å². The van der Waals surface area contributed by atoms with Gasteiger partial charge in [0.2, 0.25) is 0 Å². The third-order valence-corrected chi connectivity index (χ3v) is 10.9. The Morgan fingerprint density at radius 3 is 1.57 bits per heavy atom. The zero-order valence-corrected chi connectivity index (χ0v) is 34.8. The number of rotatable bonds is 6. The van der Waals surface area contributed by atoms with Gasteiger partial charge in [0.15, 0.2) is 23.1 Å². The predicted octanol–water partition coefficient (Wildman–Crippen LogP) is 7.89. The normalized spacial score (nSPS) is 18.1. The molecule has 0 spiro atoms. The molecule has 0 saturated carbocycles. The van der Waals surface area contributed by atoms with E-state index in [0.717, 1.165) is 26.8 Å². The summed E-state index contributed by atoms with van der Waals surface area (Å²) in [6, 6.07) is 10.5. The van der Waals surface area contributed by atoms with E-state index in [1.54, 1.807) is 48.7 Å². The number of carboxylic acids is 1. The molecule has 4 aromatic rings. The Balaban J connectivity index is 0.000000185. The Morgan fingerprint density at radius 2 is 1.19 bits per heavy atom. The Labute approximate surface area is 365 Å². The van der Waals surface area contributed by atoms with Gasteiger partial charge in [-0.3, -0.25) is 25.2 Å². The first-order valence-corrected chi connectivity index (χ1v) is 20.0. The topological polar surface area (TPSA) is 203 Å². The minimum absolute atomic E-state index is 0.0337. The Kier molecular flexibility index (Phi) is 13.9. The molecule has 4 aromatic heterocycles. The number of anilines is 6. The van der Waals surface area contributed by atoms with E-state index in [4.69, 9.17) is 23.2 Å². The summed E-state index contributed by atoms with van der Waals surface area (Å²) in [7, 11) is 0. The number of nitrogens with one attached hydrogen (secondary N) is 2. The van der Waals surface area contributed by atoms with E-state index in [9.17, 15) is 50.6 Å². The van der Waals surface area contributed by atoms with Crippen LogP contribution in [-0.2, 0) is 0 Å². The van der Waals surface area contributed by atoms with Crippen LogP contribution < -0.4 is 36.0 Å². The number of urea groups is 2. The largest absolute Gasteiger partial charge is 0.476 e. The number of Topliss-reactive ketones (excluding diaryl/α,β-unsaturated/α-hetero) is 1. The lowest BCUT2D eigenvalue weighted by atomic mass is 10.0. The minimum Gasteiger partial charge on any atom is -0.476 e. The molecular weight excluding hydrogens is 887 g/mol. The van der Waals surface area contributed by atoms with Crippen molar-refractivity contribution in [3.63, 3.8) is 0 Å². The maximum absolute atomic E-state index is 13.0. The van der Waals surface area contributed by atoms with Crippen molar-refractivity contribution < 1.29 is 50.6 Å². The van der Waals surface area contributed by atoms with Crippen molar-refractivity contribution >= 4 is 81.7 Å². The maximum atomic E-state index is 13.0. The number of carboxylic acid groups (broad SMARTS) is 1. The second-order valence-electron chi connectivity index (χ2n) is 14.8. The van der Waals surface area contributed by atoms with Crippen molar-refractivity contribution in [3.8, 4) is 0 Å². The van der Waals surface area contributed by atoms with Gasteiger partial charge in [-0.1, -0.05) is 42.3 Å². The number of aromatic carboxylic acids is 1. The molecule has 4 atom stereocenters. The van der Waals surface area contributed by atoms with Gasteiger partial charge in [0.05, 0.1) is 45.5 Å². The summed E-state index contributed by atoms with van der Waals surface area (Å²) in [5.41, 5.74) is 5.14. The number of pyridine rings is 4. The van der Waals surface area contributed by atoms with Gasteiger partial charge in [0, 0.05) is 45.0 Å². The Hall–Kier alpha value is -6.00. The maximum Gasteiger partial charge on any atom is 0.403 e. The van der Waals surface area contributed by atoms with Gasteiger partial charge in [-0.25, -0.2) is 34.3 Å². The number of alkyl halides is 6. The summed E-state index contributed by atoms with van der Waals surface area (Å²) in [5.74, 6) is -2.61. The van der Waals surface area contributed by atoms with E-state index in [2.05, 4.69) is 41.2 Å². The number of carbonyl (C=O) groups excluding carboxylic acids is 3. The lowest BCUT2D eigenvalue weighted by Gasteiger charge is -2.36. The highest BCUT2D eigenvalue weighted by atomic mass is 35.5. The molecular formula is C39H39Cl2F6N11O5. The van der Waals surface area contributed by atoms with Gasteiger partial charge >= 0.3 is 30.4 Å². The van der Waals surface area contributed by atoms with Crippen LogP contribution in [-0.4, -0.2) is 106 Å². The first-order chi connectivity index (χ1) is 29.6. The van der Waals surface area contributed by atoms with Crippen LogP contribution in [0.15, 0.2) is 60.9 Å². The van der Waals surface area contributed by atoms with Crippen LogP contribution in [0.4, 0.5) is 70.6 Å². The summed E-state index contributed by atoms with van der Waals surface area (Å²) in [5, 5.41) is 14.7. The van der Waals surface area contributed by atoms with Gasteiger partial charge in [-0.15, -0.1) is 0 Å². The van der Waals surface area contributed by atoms with Crippen LogP contribution in [0.3, 0.4) is 0 Å². The van der Waals surface area contributed by atoms with Crippen LogP contribution in [0.2, 0.25) is 10.0 Å². The fourth-order valence-corrected chi connectivity index (χ4v) is 7.50. The number of aromatic nitrogens is 4. The number of nitrogens with zero attached hydrogens (tertiary/aromatic N) is 8. The zero-order valence-electron chi connectivity index (χ0n) is 33.3. The first-order valence-electron chi connectivity index (χ1n) is 19.2. The molecule has 2 fully saturated rings. The molecule has 336 valence electrons. The molecule has 63 heavy (non-hydrogen) atoms. The van der Waals surface area contributed by atoms with Crippen molar-refractivity contribution in [1.29, 1.82) is 0 Å². The molecule has 0 aliphatic carbocycles. The molecule has 2 saturated heterocycles. The molecule has 16 nitrogen and oxygen atoms in total. The molecule has 8 rings (SSSR count). The fraction of sp³-hybridized carbons (Fsp3) is 0.385. The fourth-order valence-electron chi connectivity index (χ4n) is 7.02. The number of hydrogen-bond donors (Lipinski definition) is 4. The van der Waals surface area contributed by atoms with E-state index in [-0.39, 0.29) is 39.3 Å². The van der Waals surface area contributed by atoms with Crippen LogP contribution in [0, 0.1) is 5.92 Å². The smallest absolute Gasteiger partial charge is 0.403 e. The zero-order chi connectivity index (χ0) is 46.0. The highest BCUT2D eigenvalue weighted by Gasteiger charge is 2.44. The van der Waals surface area contributed by atoms with E-state index in [1.165, 1.54) is 22.1 Å². The second-order valence-corrected chi connectivity index (χ2v) is 15.7. The molecule has 5 N–H and O–H groups in total. The average Bonchev–Trinajstić information content (AvgIpc) is 3.84. The average molecular weight is 927 g/mol. The van der Waals surface area contributed by atoms with Crippen molar-refractivity contribution in [2.75, 3.05) is 56.4 Å². The molecule has 0 aromatic carbocycles. The standard InChI is InChI=1S/C20H19ClF3N5O2.C16H14ClN5O3.C3H6F3N/c1-11(20(22,23)24)8-15(30)17-13(21)9-14-18(27-17)29(12-5-7-28(14)10-12)19(31)26-16-4-2-3-6-25-16;17-10-7-11-14(20-13(10)15(23)24)22(9-4-6-21(11)8-9)16(25)19-12-3-1-2-5-18-12;1-2(7)3(4,5)6/h2-4,6,9,11-12H,5,7-8,10H2,1H3,(H,25,26,31);1-3,5,7,9H,4,6,8H2,(H,23,24)(H,18,19,25);2H,7H2,1H3/t11-,12-;9-;2-/m001/s1. The van der Waals surface area contributed by atoms with Crippen molar-refractivity contribution in [2.45, 2.75) is 63.6 Å². The first kappa shape index (κ1) is 46.5. The monoisotopic (exact) mass is 925 g/mol. The molecule has 4 amide bonds. The number of halogens is 8. The molecule has 24 heteroatoms. The van der Waals surface area contributed by atoms with Gasteiger partial charge in [0.1, 0.15) is 17.3 Å². The van der Waals surface area contributed by atoms with Crippen LogP contribution in [0.25, 0.3) is 0 Å². The number of hydrogen-bond acceptors (Lipinski definition) is 11. The van der Waals surface area contributed by atoms with E-state index >= 15 is 0 Å². The lowest BCUT2D eigenvalue weighted by Crippen LogP contribution is -2.48. The summed E-state index contributed by atoms with van der Waals surface area (Å²) >= 11 is 12.3. The van der Waals surface area contributed by atoms with Crippen LogP contribution in [0.5, 0.6) is 0 Å². The van der Waals surface area contributed by atoms with Crippen molar-refractivity contribution in [1.82, 2.24) is 19.9 Å². The van der Waals surface area contributed by atoms with E-state index in [1.807, 2.05) is 4.90 Å². The lowest BCUT2D eigenvalue weighted by molar-refractivity contribution is -0.168. The van der Waals surface area contributed by atoms with Gasteiger partial charge in [-0.05, 0) is 56.2 Å². The van der Waals surface area contributed by atoms with E-state index < -0.39 is 54.5 Å². The molecule has 0 unspecified atom stereocenters. The molecule has 4 bridgehead atoms. The third kappa shape index (κ3) is 10.6. The van der Waals surface area contributed by atoms with Crippen molar-refractivity contribution in [3.05, 3.63) is 82.4 Å². The van der Waals surface area contributed by atoms with Gasteiger partial charge in [-0.2, -0.15) is 26.3 Å². The number of ketones is 1. The third-order valence-electron chi connectivity index (χ3n) is 10.3. The van der Waals surface area contributed by atoms with Gasteiger partial charge in [0.25, 0.3) is 0 Å². The molecule has 8 heterocycles. The summed E-state index contributed by atoms with van der Waals surface area (Å²) < 4.78 is 71.9. The van der Waals surface area contributed by atoms with Crippen molar-refractivity contribution in [2.24, 2.45) is 11.7 Å². The Morgan fingerprint density at radius 1 is 0.762 bits per heavy atom. The number of amides is 4. The predicted molar refractivity (Wildman–Crippen MR) is 222 cm³/mol. The van der Waals surface area contributed by atoms with Crippen LogP contribution in [0.1, 0.15) is 54.1 Å². The summed E-state index contributed by atoms with van der Waals surface area (Å²) in [6.07, 6.45) is -4.94.